The maximum Gasteiger partial charge on any atom is 0.241 e. The Hall–Kier alpha value is -2.38. The second-order valence-corrected chi connectivity index (χ2v) is 8.16. The lowest BCUT2D eigenvalue weighted by atomic mass is 9.88. The number of sulfonamides is 1. The topological polar surface area (TPSA) is 101 Å². The summed E-state index contributed by atoms with van der Waals surface area (Å²) in [5.74, 6) is -0.114. The number of hydrogen-bond acceptors (Lipinski definition) is 4. The van der Waals surface area contributed by atoms with E-state index in [0.717, 1.165) is 30.4 Å². The summed E-state index contributed by atoms with van der Waals surface area (Å²) in [6.07, 6.45) is 2.93. The van der Waals surface area contributed by atoms with Crippen molar-refractivity contribution in [3.8, 4) is 0 Å². The fourth-order valence-corrected chi connectivity index (χ4v) is 4.43. The molecule has 3 rings (SSSR count). The SMILES string of the molecule is CCC(=O)Nc1ccc(S(=O)(=O)NC2CCCc3cc(N)ccc32)cc1. The molecule has 4 N–H and O–H groups in total. The molecule has 26 heavy (non-hydrogen) atoms. The van der Waals surface area contributed by atoms with Crippen molar-refractivity contribution in [3.63, 3.8) is 0 Å². The molecule has 0 heterocycles. The highest BCUT2D eigenvalue weighted by molar-refractivity contribution is 7.89. The van der Waals surface area contributed by atoms with Crippen molar-refractivity contribution >= 4 is 27.3 Å². The first-order valence-corrected chi connectivity index (χ1v) is 10.2. The van der Waals surface area contributed by atoms with Crippen LogP contribution in [0.15, 0.2) is 47.4 Å². The number of nitrogens with two attached hydrogens (primary N) is 1. The second kappa shape index (κ2) is 7.47. The van der Waals surface area contributed by atoms with Gasteiger partial charge in [0.15, 0.2) is 0 Å². The van der Waals surface area contributed by atoms with Crippen molar-refractivity contribution in [1.29, 1.82) is 0 Å². The smallest absolute Gasteiger partial charge is 0.241 e. The van der Waals surface area contributed by atoms with Gasteiger partial charge in [0.25, 0.3) is 0 Å². The maximum atomic E-state index is 12.7. The molecule has 1 atom stereocenters. The molecule has 138 valence electrons. The molecule has 1 amide bonds. The third-order valence-electron chi connectivity index (χ3n) is 4.55. The average molecular weight is 373 g/mol. The van der Waals surface area contributed by atoms with Crippen molar-refractivity contribution in [2.75, 3.05) is 11.1 Å². The number of fused-ring (bicyclic) bond motifs is 1. The van der Waals surface area contributed by atoms with E-state index in [4.69, 9.17) is 5.73 Å². The van der Waals surface area contributed by atoms with Crippen LogP contribution in [0.25, 0.3) is 0 Å². The molecule has 0 aromatic heterocycles. The van der Waals surface area contributed by atoms with Gasteiger partial charge in [-0.2, -0.15) is 0 Å². The zero-order chi connectivity index (χ0) is 18.7. The minimum atomic E-state index is -3.66. The van der Waals surface area contributed by atoms with E-state index >= 15 is 0 Å². The van der Waals surface area contributed by atoms with Gasteiger partial charge in [-0.1, -0.05) is 13.0 Å². The molecule has 2 aromatic rings. The molecule has 0 radical (unpaired) electrons. The molecule has 0 saturated carbocycles. The first-order chi connectivity index (χ1) is 12.4. The molecular formula is C19H23N3O3S. The normalized spacial score (nSPS) is 16.7. The number of amides is 1. The van der Waals surface area contributed by atoms with E-state index < -0.39 is 10.0 Å². The van der Waals surface area contributed by atoms with Crippen molar-refractivity contribution in [3.05, 3.63) is 53.6 Å². The van der Waals surface area contributed by atoms with Crippen LogP contribution in [-0.4, -0.2) is 14.3 Å². The lowest BCUT2D eigenvalue weighted by molar-refractivity contribution is -0.115. The van der Waals surface area contributed by atoms with Crippen LogP contribution in [0.1, 0.15) is 43.4 Å². The number of carbonyl (C=O) groups is 1. The standard InChI is InChI=1S/C19H23N3O3S/c1-2-19(23)21-15-7-9-16(10-8-15)26(24,25)22-18-5-3-4-13-12-14(20)6-11-17(13)18/h6-12,18,22H,2-5,20H2,1H3,(H,21,23). The quantitative estimate of drug-likeness (QED) is 0.701. The largest absolute Gasteiger partial charge is 0.399 e. The van der Waals surface area contributed by atoms with Crippen molar-refractivity contribution in [2.24, 2.45) is 0 Å². The predicted octanol–water partition coefficient (Wildman–Crippen LogP) is 2.97. The highest BCUT2D eigenvalue weighted by atomic mass is 32.2. The van der Waals surface area contributed by atoms with E-state index in [1.807, 2.05) is 12.1 Å². The molecule has 6 nitrogen and oxygen atoms in total. The monoisotopic (exact) mass is 373 g/mol. The minimum Gasteiger partial charge on any atom is -0.399 e. The fraction of sp³-hybridized carbons (Fsp3) is 0.316. The molecular weight excluding hydrogens is 350 g/mol. The molecule has 1 unspecified atom stereocenters. The van der Waals surface area contributed by atoms with Gasteiger partial charge in [0.05, 0.1) is 4.90 Å². The van der Waals surface area contributed by atoms with Gasteiger partial charge in [-0.25, -0.2) is 13.1 Å². The fourth-order valence-electron chi connectivity index (χ4n) is 3.18. The summed E-state index contributed by atoms with van der Waals surface area (Å²) in [7, 11) is -3.66. The summed E-state index contributed by atoms with van der Waals surface area (Å²) in [5, 5.41) is 2.70. The lowest BCUT2D eigenvalue weighted by Crippen LogP contribution is -2.31. The number of nitrogens with one attached hydrogen (secondary N) is 2. The number of anilines is 2. The Labute approximate surface area is 153 Å². The van der Waals surface area contributed by atoms with E-state index in [9.17, 15) is 13.2 Å². The number of nitrogen functional groups attached to an aromatic ring is 1. The Balaban J connectivity index is 1.79. The number of aryl methyl sites for hydroxylation is 1. The predicted molar refractivity (Wildman–Crippen MR) is 102 cm³/mol. The van der Waals surface area contributed by atoms with Crippen molar-refractivity contribution in [1.82, 2.24) is 4.72 Å². The first-order valence-electron chi connectivity index (χ1n) is 8.69. The molecule has 0 saturated heterocycles. The summed E-state index contributed by atoms with van der Waals surface area (Å²) >= 11 is 0. The Morgan fingerprint density at radius 3 is 2.62 bits per heavy atom. The molecule has 7 heteroatoms. The van der Waals surface area contributed by atoms with Crippen molar-refractivity contribution < 1.29 is 13.2 Å². The summed E-state index contributed by atoms with van der Waals surface area (Å²) < 4.78 is 28.3. The third-order valence-corrected chi connectivity index (χ3v) is 6.04. The van der Waals surface area contributed by atoms with Gasteiger partial charge in [-0.15, -0.1) is 0 Å². The van der Waals surface area contributed by atoms with E-state index in [0.29, 0.717) is 17.8 Å². The molecule has 1 aliphatic rings. The molecule has 0 spiro atoms. The van der Waals surface area contributed by atoms with Gasteiger partial charge in [-0.3, -0.25) is 4.79 Å². The highest BCUT2D eigenvalue weighted by Gasteiger charge is 2.25. The molecule has 0 bridgehead atoms. The zero-order valence-electron chi connectivity index (χ0n) is 14.7. The number of benzene rings is 2. The summed E-state index contributed by atoms with van der Waals surface area (Å²) in [5.41, 5.74) is 9.19. The Kier molecular flexibility index (Phi) is 5.29. The van der Waals surface area contributed by atoms with Crippen LogP contribution in [0.4, 0.5) is 11.4 Å². The third kappa shape index (κ3) is 4.05. The maximum absolute atomic E-state index is 12.7. The zero-order valence-corrected chi connectivity index (χ0v) is 15.5. The first kappa shape index (κ1) is 18.4. The van der Waals surface area contributed by atoms with Gasteiger partial charge in [0.2, 0.25) is 15.9 Å². The average Bonchev–Trinajstić information content (AvgIpc) is 2.61. The summed E-state index contributed by atoms with van der Waals surface area (Å²) in [6, 6.07) is 11.6. The van der Waals surface area contributed by atoms with Gasteiger partial charge in [0.1, 0.15) is 0 Å². The van der Waals surface area contributed by atoms with E-state index in [2.05, 4.69) is 10.0 Å². The molecule has 1 aliphatic carbocycles. The second-order valence-electron chi connectivity index (χ2n) is 6.45. The summed E-state index contributed by atoms with van der Waals surface area (Å²) in [6.45, 7) is 1.76. The molecule has 2 aromatic carbocycles. The Morgan fingerprint density at radius 1 is 1.19 bits per heavy atom. The minimum absolute atomic E-state index is 0.114. The van der Waals surface area contributed by atoms with Crippen LogP contribution >= 0.6 is 0 Å². The lowest BCUT2D eigenvalue weighted by Gasteiger charge is -2.26. The molecule has 0 aliphatic heterocycles. The van der Waals surface area contributed by atoms with Gasteiger partial charge in [-0.05, 0) is 66.8 Å². The number of rotatable bonds is 5. The highest BCUT2D eigenvalue weighted by Crippen LogP contribution is 2.32. The van der Waals surface area contributed by atoms with Gasteiger partial charge >= 0.3 is 0 Å². The van der Waals surface area contributed by atoms with E-state index in [1.54, 1.807) is 25.1 Å². The van der Waals surface area contributed by atoms with E-state index in [-0.39, 0.29) is 16.8 Å². The van der Waals surface area contributed by atoms with Crippen LogP contribution in [0.5, 0.6) is 0 Å². The Morgan fingerprint density at radius 2 is 1.92 bits per heavy atom. The number of carbonyl (C=O) groups excluding carboxylic acids is 1. The van der Waals surface area contributed by atoms with Crippen LogP contribution in [0, 0.1) is 0 Å². The van der Waals surface area contributed by atoms with Crippen LogP contribution in [0.3, 0.4) is 0 Å². The van der Waals surface area contributed by atoms with Crippen molar-refractivity contribution in [2.45, 2.75) is 43.5 Å². The van der Waals surface area contributed by atoms with E-state index in [1.165, 1.54) is 12.1 Å². The number of hydrogen-bond donors (Lipinski definition) is 3. The summed E-state index contributed by atoms with van der Waals surface area (Å²) in [4.78, 5) is 11.6. The van der Waals surface area contributed by atoms with Crippen LogP contribution < -0.4 is 15.8 Å². The van der Waals surface area contributed by atoms with Crippen LogP contribution in [-0.2, 0) is 21.2 Å². The van der Waals surface area contributed by atoms with Gasteiger partial charge < -0.3 is 11.1 Å². The molecule has 0 fully saturated rings. The Bertz CT molecular complexity index is 908. The van der Waals surface area contributed by atoms with Gasteiger partial charge in [0, 0.05) is 23.8 Å². The van der Waals surface area contributed by atoms with Crippen LogP contribution in [0.2, 0.25) is 0 Å².